The number of aryl methyl sites for hydroxylation is 1. The molecular weight excluding hydrogens is 340 g/mol. The maximum Gasteiger partial charge on any atom is 0.276 e. The number of hydrogen-bond acceptors (Lipinski definition) is 3. The van der Waals surface area contributed by atoms with E-state index < -0.39 is 0 Å². The molecule has 3 aromatic rings. The molecular formula is C21H22N4O2. The van der Waals surface area contributed by atoms with Gasteiger partial charge in [0.25, 0.3) is 5.56 Å². The number of nitrogens with zero attached hydrogens (tertiary/aromatic N) is 3. The first kappa shape index (κ1) is 17.1. The van der Waals surface area contributed by atoms with Crippen LogP contribution in [0.2, 0.25) is 0 Å². The number of hydrazine groups is 1. The number of nitrogens with one attached hydrogen (secondary N) is 1. The number of aromatic nitrogens is 2. The Morgan fingerprint density at radius 1 is 1.00 bits per heavy atom. The van der Waals surface area contributed by atoms with E-state index in [1.54, 1.807) is 16.6 Å². The van der Waals surface area contributed by atoms with E-state index in [0.717, 1.165) is 17.1 Å². The molecule has 6 nitrogen and oxygen atoms in total. The van der Waals surface area contributed by atoms with Crippen LogP contribution in [0.25, 0.3) is 5.69 Å². The third-order valence-corrected chi connectivity index (χ3v) is 5.01. The Bertz CT molecular complexity index is 1010. The van der Waals surface area contributed by atoms with Crippen molar-refractivity contribution in [3.63, 3.8) is 0 Å². The summed E-state index contributed by atoms with van der Waals surface area (Å²) in [4.78, 5) is 25.6. The molecule has 0 spiro atoms. The number of H-pyrrole nitrogens is 1. The number of rotatable bonds is 3. The van der Waals surface area contributed by atoms with Gasteiger partial charge >= 0.3 is 0 Å². The van der Waals surface area contributed by atoms with Gasteiger partial charge in [0, 0.05) is 19.2 Å². The van der Waals surface area contributed by atoms with Crippen LogP contribution in [0.5, 0.6) is 0 Å². The summed E-state index contributed by atoms with van der Waals surface area (Å²) in [5, 5.41) is 6.84. The van der Waals surface area contributed by atoms with Crippen LogP contribution in [0.1, 0.15) is 30.6 Å². The summed E-state index contributed by atoms with van der Waals surface area (Å²) in [7, 11) is 0. The van der Waals surface area contributed by atoms with Crippen LogP contribution in [0.15, 0.2) is 65.5 Å². The molecule has 27 heavy (non-hydrogen) atoms. The molecule has 6 heteroatoms. The second-order valence-electron chi connectivity index (χ2n) is 6.75. The highest BCUT2D eigenvalue weighted by molar-refractivity contribution is 5.77. The molecule has 1 amide bonds. The van der Waals surface area contributed by atoms with Crippen LogP contribution in [0.4, 0.5) is 5.69 Å². The molecule has 1 aliphatic rings. The van der Waals surface area contributed by atoms with Gasteiger partial charge in [0.15, 0.2) is 0 Å². The zero-order valence-corrected chi connectivity index (χ0v) is 15.4. The average molecular weight is 362 g/mol. The molecule has 1 N–H and O–H groups in total. The van der Waals surface area contributed by atoms with E-state index in [4.69, 9.17) is 0 Å². The summed E-state index contributed by atoms with van der Waals surface area (Å²) in [6.07, 6.45) is 0.706. The normalized spacial score (nSPS) is 16.7. The largest absolute Gasteiger partial charge is 0.295 e. The van der Waals surface area contributed by atoms with Crippen molar-refractivity contribution in [3.8, 4) is 5.69 Å². The first-order chi connectivity index (χ1) is 13.1. The van der Waals surface area contributed by atoms with Gasteiger partial charge in [-0.25, -0.2) is 9.69 Å². The van der Waals surface area contributed by atoms with Gasteiger partial charge in [0.2, 0.25) is 5.91 Å². The van der Waals surface area contributed by atoms with Gasteiger partial charge in [-0.1, -0.05) is 36.4 Å². The summed E-state index contributed by atoms with van der Waals surface area (Å²) >= 11 is 0. The number of hydrogen-bond donors (Lipinski definition) is 1. The van der Waals surface area contributed by atoms with Crippen LogP contribution in [0.3, 0.4) is 0 Å². The minimum absolute atomic E-state index is 0.0763. The molecule has 1 atom stereocenters. The average Bonchev–Trinajstić information content (AvgIpc) is 3.24. The molecule has 1 fully saturated rings. The zero-order valence-electron chi connectivity index (χ0n) is 15.4. The van der Waals surface area contributed by atoms with Gasteiger partial charge in [-0.15, -0.1) is 0 Å². The molecule has 138 valence electrons. The number of benzene rings is 2. The summed E-state index contributed by atoms with van der Waals surface area (Å²) < 4.78 is 1.55. The van der Waals surface area contributed by atoms with Crippen molar-refractivity contribution >= 4 is 11.6 Å². The van der Waals surface area contributed by atoms with Gasteiger partial charge < -0.3 is 0 Å². The predicted octanol–water partition coefficient (Wildman–Crippen LogP) is 3.19. The quantitative estimate of drug-likeness (QED) is 0.778. The Kier molecular flexibility index (Phi) is 4.32. The summed E-state index contributed by atoms with van der Waals surface area (Å²) in [6.45, 7) is 4.12. The van der Waals surface area contributed by atoms with E-state index >= 15 is 0 Å². The Morgan fingerprint density at radius 3 is 2.19 bits per heavy atom. The predicted molar refractivity (Wildman–Crippen MR) is 105 cm³/mol. The molecule has 1 unspecified atom stereocenters. The first-order valence-electron chi connectivity index (χ1n) is 9.07. The van der Waals surface area contributed by atoms with Crippen LogP contribution in [-0.2, 0) is 4.79 Å². The minimum atomic E-state index is -0.281. The fourth-order valence-electron chi connectivity index (χ4n) is 3.86. The molecule has 1 aromatic heterocycles. The smallest absolute Gasteiger partial charge is 0.276 e. The second-order valence-corrected chi connectivity index (χ2v) is 6.75. The number of amides is 1. The molecule has 1 aliphatic heterocycles. The lowest BCUT2D eigenvalue weighted by molar-refractivity contribution is -0.130. The van der Waals surface area contributed by atoms with E-state index in [2.05, 4.69) is 5.10 Å². The molecule has 0 radical (unpaired) electrons. The van der Waals surface area contributed by atoms with Gasteiger partial charge in [0.05, 0.1) is 23.0 Å². The highest BCUT2D eigenvalue weighted by Crippen LogP contribution is 2.35. The zero-order chi connectivity index (χ0) is 19.0. The molecule has 2 aromatic carbocycles. The Morgan fingerprint density at radius 2 is 1.59 bits per heavy atom. The van der Waals surface area contributed by atoms with Gasteiger partial charge in [-0.05, 0) is 37.6 Å². The van der Waals surface area contributed by atoms with Crippen molar-refractivity contribution in [1.82, 2.24) is 14.8 Å². The minimum Gasteiger partial charge on any atom is -0.295 e. The van der Waals surface area contributed by atoms with E-state index in [1.807, 2.05) is 72.6 Å². The highest BCUT2D eigenvalue weighted by Gasteiger charge is 2.38. The van der Waals surface area contributed by atoms with Crippen LogP contribution < -0.4 is 10.6 Å². The van der Waals surface area contributed by atoms with Crippen molar-refractivity contribution in [2.75, 3.05) is 11.6 Å². The van der Waals surface area contributed by atoms with E-state index in [1.165, 1.54) is 0 Å². The summed E-state index contributed by atoms with van der Waals surface area (Å²) in [5.41, 5.74) is 3.06. The number of para-hydroxylation sites is 2. The lowest BCUT2D eigenvalue weighted by atomic mass is 10.1. The molecule has 4 rings (SSSR count). The maximum atomic E-state index is 13.2. The fraction of sp³-hybridized carbons (Fsp3) is 0.238. The van der Waals surface area contributed by atoms with Gasteiger partial charge in [-0.3, -0.25) is 19.7 Å². The molecule has 0 aliphatic carbocycles. The third kappa shape index (κ3) is 2.93. The van der Waals surface area contributed by atoms with Crippen molar-refractivity contribution in [1.29, 1.82) is 0 Å². The van der Waals surface area contributed by atoms with E-state index in [-0.39, 0.29) is 17.5 Å². The SMILES string of the molecule is CC(=O)N1C(c2c(C)[nH]n(-c3ccccc3)c2=O)CCN1c1ccccc1. The molecule has 0 saturated carbocycles. The fourth-order valence-corrected chi connectivity index (χ4v) is 3.86. The standard InChI is InChI=1S/C21H22N4O2/c1-15-20(21(27)24(22-15)18-11-7-4-8-12-18)19-13-14-23(25(19)16(2)26)17-9-5-3-6-10-17/h3-12,19,22H,13-14H2,1-2H3. The van der Waals surface area contributed by atoms with Crippen LogP contribution >= 0.6 is 0 Å². The lowest BCUT2D eigenvalue weighted by Gasteiger charge is -2.32. The van der Waals surface area contributed by atoms with Gasteiger partial charge in [-0.2, -0.15) is 0 Å². The Hall–Kier alpha value is -3.28. The second kappa shape index (κ2) is 6.79. The highest BCUT2D eigenvalue weighted by atomic mass is 16.2. The van der Waals surface area contributed by atoms with Crippen LogP contribution in [0, 0.1) is 6.92 Å². The number of anilines is 1. The first-order valence-corrected chi connectivity index (χ1v) is 9.07. The van der Waals surface area contributed by atoms with Crippen LogP contribution in [-0.4, -0.2) is 27.2 Å². The Labute approximate surface area is 157 Å². The van der Waals surface area contributed by atoms with Crippen molar-refractivity contribution < 1.29 is 4.79 Å². The number of carbonyl (C=O) groups excluding carboxylic acids is 1. The van der Waals surface area contributed by atoms with Gasteiger partial charge in [0.1, 0.15) is 0 Å². The molecule has 2 heterocycles. The maximum absolute atomic E-state index is 13.2. The summed E-state index contributed by atoms with van der Waals surface area (Å²) in [5.74, 6) is -0.0763. The topological polar surface area (TPSA) is 61.3 Å². The van der Waals surface area contributed by atoms with Crippen molar-refractivity contribution in [3.05, 3.63) is 82.3 Å². The number of aromatic amines is 1. The molecule has 0 bridgehead atoms. The lowest BCUT2D eigenvalue weighted by Crippen LogP contribution is -2.42. The monoisotopic (exact) mass is 362 g/mol. The summed E-state index contributed by atoms with van der Waals surface area (Å²) in [6, 6.07) is 19.0. The van der Waals surface area contributed by atoms with Crippen molar-refractivity contribution in [2.45, 2.75) is 26.3 Å². The molecule has 1 saturated heterocycles. The number of carbonyl (C=O) groups is 1. The third-order valence-electron chi connectivity index (χ3n) is 5.01. The van der Waals surface area contributed by atoms with E-state index in [0.29, 0.717) is 18.5 Å². The van der Waals surface area contributed by atoms with E-state index in [9.17, 15) is 9.59 Å². The van der Waals surface area contributed by atoms with Crippen molar-refractivity contribution in [2.24, 2.45) is 0 Å². The Balaban J connectivity index is 1.76.